The molecule has 26 heavy (non-hydrogen) atoms. The third kappa shape index (κ3) is 7.38. The van der Waals surface area contributed by atoms with Gasteiger partial charge in [-0.1, -0.05) is 25.1 Å². The van der Waals surface area contributed by atoms with Crippen molar-refractivity contribution in [2.45, 2.75) is 38.8 Å². The van der Waals surface area contributed by atoms with Crippen LogP contribution in [0.4, 0.5) is 27.6 Å². The molecule has 0 saturated heterocycles. The summed E-state index contributed by atoms with van der Waals surface area (Å²) in [5, 5.41) is 3.46. The number of hydrogen-bond donors (Lipinski definition) is 2. The van der Waals surface area contributed by atoms with E-state index in [0.717, 1.165) is 18.1 Å². The summed E-state index contributed by atoms with van der Waals surface area (Å²) in [6.45, 7) is 1.09. The number of para-hydroxylation sites is 1. The lowest BCUT2D eigenvalue weighted by molar-refractivity contribution is -0.170. The summed E-state index contributed by atoms with van der Waals surface area (Å²) in [6, 6.07) is 6.33. The number of aryl methyl sites for hydroxylation is 1. The molecule has 1 rings (SSSR count). The fourth-order valence-electron chi connectivity index (χ4n) is 2.21. The van der Waals surface area contributed by atoms with Crippen LogP contribution in [0.1, 0.15) is 25.3 Å². The second-order valence-electron chi connectivity index (χ2n) is 6.01. The number of benzene rings is 1. The van der Waals surface area contributed by atoms with Gasteiger partial charge in [0.2, 0.25) is 6.43 Å². The lowest BCUT2D eigenvalue weighted by Gasteiger charge is -2.17. The maximum atomic E-state index is 12.6. The van der Waals surface area contributed by atoms with Crippen LogP contribution in [0.15, 0.2) is 36.0 Å². The zero-order chi connectivity index (χ0) is 19.9. The molecule has 0 saturated carbocycles. The van der Waals surface area contributed by atoms with E-state index in [1.807, 2.05) is 0 Å². The maximum absolute atomic E-state index is 12.6. The average molecular weight is 379 g/mol. The van der Waals surface area contributed by atoms with Crippen molar-refractivity contribution in [3.63, 3.8) is 0 Å². The number of halogens is 5. The molecule has 1 atom stereocenters. The molecule has 1 aromatic rings. The first-order valence-electron chi connectivity index (χ1n) is 7.93. The van der Waals surface area contributed by atoms with E-state index in [1.165, 1.54) is 13.1 Å². The van der Waals surface area contributed by atoms with Crippen molar-refractivity contribution in [1.29, 1.82) is 0 Å². The standard InChI is InChI=1S/C17H22F5N3O/c1-11(17(20,21)22)7-8-12-5-3-4-6-14(12)24-16(26)13(9-15(18)19)10-25(2)23/h3-6,10-11,15H,7-9,23H2,1-2H3,(H,24,26)/b13-10+. The highest BCUT2D eigenvalue weighted by Crippen LogP contribution is 2.30. The molecule has 0 aliphatic rings. The van der Waals surface area contributed by atoms with Crippen molar-refractivity contribution < 1.29 is 26.7 Å². The molecular formula is C17H22F5N3O. The Morgan fingerprint density at radius 1 is 1.31 bits per heavy atom. The van der Waals surface area contributed by atoms with Crippen LogP contribution in [0, 0.1) is 5.92 Å². The van der Waals surface area contributed by atoms with E-state index in [2.05, 4.69) is 5.32 Å². The van der Waals surface area contributed by atoms with Gasteiger partial charge in [0.15, 0.2) is 0 Å². The van der Waals surface area contributed by atoms with Crippen LogP contribution in [-0.4, -0.2) is 30.6 Å². The van der Waals surface area contributed by atoms with Gasteiger partial charge in [-0.25, -0.2) is 14.6 Å². The Morgan fingerprint density at radius 3 is 2.46 bits per heavy atom. The first kappa shape index (κ1) is 21.9. The zero-order valence-corrected chi connectivity index (χ0v) is 14.5. The van der Waals surface area contributed by atoms with Crippen molar-refractivity contribution in [2.24, 2.45) is 11.8 Å². The van der Waals surface area contributed by atoms with Crippen molar-refractivity contribution in [1.82, 2.24) is 5.01 Å². The highest BCUT2D eigenvalue weighted by Gasteiger charge is 2.35. The first-order valence-corrected chi connectivity index (χ1v) is 7.93. The summed E-state index contributed by atoms with van der Waals surface area (Å²) in [5.41, 5.74) is 0.546. The third-order valence-electron chi connectivity index (χ3n) is 3.70. The van der Waals surface area contributed by atoms with Crippen LogP contribution in [0.2, 0.25) is 0 Å². The highest BCUT2D eigenvalue weighted by atomic mass is 19.4. The van der Waals surface area contributed by atoms with Crippen molar-refractivity contribution >= 4 is 11.6 Å². The lowest BCUT2D eigenvalue weighted by atomic mass is 9.99. The molecule has 4 nitrogen and oxygen atoms in total. The van der Waals surface area contributed by atoms with Crippen molar-refractivity contribution in [3.05, 3.63) is 41.6 Å². The summed E-state index contributed by atoms with van der Waals surface area (Å²) in [4.78, 5) is 12.3. The van der Waals surface area contributed by atoms with Gasteiger partial charge in [0.25, 0.3) is 5.91 Å². The van der Waals surface area contributed by atoms with Gasteiger partial charge in [-0.3, -0.25) is 4.79 Å². The van der Waals surface area contributed by atoms with Crippen LogP contribution >= 0.6 is 0 Å². The number of hydrazine groups is 1. The lowest BCUT2D eigenvalue weighted by Crippen LogP contribution is -2.24. The molecule has 0 aliphatic heterocycles. The van der Waals surface area contributed by atoms with Gasteiger partial charge >= 0.3 is 6.18 Å². The smallest absolute Gasteiger partial charge is 0.322 e. The minimum absolute atomic E-state index is 0.0851. The summed E-state index contributed by atoms with van der Waals surface area (Å²) >= 11 is 0. The van der Waals surface area contributed by atoms with Crippen molar-refractivity contribution in [3.8, 4) is 0 Å². The molecule has 0 radical (unpaired) electrons. The van der Waals surface area contributed by atoms with E-state index in [1.54, 1.807) is 18.2 Å². The van der Waals surface area contributed by atoms with E-state index in [4.69, 9.17) is 5.84 Å². The largest absolute Gasteiger partial charge is 0.391 e. The minimum atomic E-state index is -4.29. The molecule has 0 aromatic heterocycles. The monoisotopic (exact) mass is 379 g/mol. The van der Waals surface area contributed by atoms with E-state index < -0.39 is 30.8 Å². The number of anilines is 1. The molecule has 0 spiro atoms. The second kappa shape index (κ2) is 9.51. The SMILES string of the molecule is CC(CCc1ccccc1NC(=O)/C(=C/N(C)N)CC(F)F)C(F)(F)F. The Morgan fingerprint density at radius 2 is 1.92 bits per heavy atom. The average Bonchev–Trinajstić information content (AvgIpc) is 2.51. The summed E-state index contributed by atoms with van der Waals surface area (Å²) in [6.07, 6.45) is -6.81. The minimum Gasteiger partial charge on any atom is -0.322 e. The van der Waals surface area contributed by atoms with E-state index >= 15 is 0 Å². The van der Waals surface area contributed by atoms with Gasteiger partial charge in [-0.2, -0.15) is 13.2 Å². The Balaban J connectivity index is 2.90. The summed E-state index contributed by atoms with van der Waals surface area (Å²) in [5.74, 6) is 3.10. The van der Waals surface area contributed by atoms with Gasteiger partial charge in [0, 0.05) is 30.9 Å². The quantitative estimate of drug-likeness (QED) is 0.309. The van der Waals surface area contributed by atoms with E-state index in [9.17, 15) is 26.7 Å². The predicted octanol–water partition coefficient (Wildman–Crippen LogP) is 4.10. The molecule has 1 aromatic carbocycles. The molecule has 3 N–H and O–H groups in total. The Labute approximate surface area is 148 Å². The number of nitrogens with two attached hydrogens (primary N) is 1. The van der Waals surface area contributed by atoms with Crippen LogP contribution < -0.4 is 11.2 Å². The van der Waals surface area contributed by atoms with Gasteiger partial charge in [-0.15, -0.1) is 0 Å². The number of rotatable bonds is 8. The van der Waals surface area contributed by atoms with Gasteiger partial charge in [0.05, 0.1) is 5.92 Å². The van der Waals surface area contributed by atoms with Crippen LogP contribution in [0.3, 0.4) is 0 Å². The summed E-state index contributed by atoms with van der Waals surface area (Å²) in [7, 11) is 1.38. The van der Waals surface area contributed by atoms with E-state index in [-0.39, 0.29) is 24.1 Å². The predicted molar refractivity (Wildman–Crippen MR) is 89.3 cm³/mol. The number of carbonyl (C=O) groups excluding carboxylic acids is 1. The molecule has 1 unspecified atom stereocenters. The molecule has 0 heterocycles. The number of nitrogens with one attached hydrogen (secondary N) is 1. The van der Waals surface area contributed by atoms with Crippen LogP contribution in [0.25, 0.3) is 0 Å². The van der Waals surface area contributed by atoms with Gasteiger partial charge < -0.3 is 10.3 Å². The first-order chi connectivity index (χ1) is 12.0. The summed E-state index contributed by atoms with van der Waals surface area (Å²) < 4.78 is 63.2. The molecule has 0 bridgehead atoms. The normalized spacial score (nSPS) is 13.7. The maximum Gasteiger partial charge on any atom is 0.391 e. The van der Waals surface area contributed by atoms with Crippen LogP contribution in [0.5, 0.6) is 0 Å². The van der Waals surface area contributed by atoms with Crippen LogP contribution in [-0.2, 0) is 11.2 Å². The number of alkyl halides is 5. The Hall–Kier alpha value is -2.16. The topological polar surface area (TPSA) is 58.4 Å². The molecule has 146 valence electrons. The molecule has 0 fully saturated rings. The number of amides is 1. The second-order valence-corrected chi connectivity index (χ2v) is 6.01. The highest BCUT2D eigenvalue weighted by molar-refractivity contribution is 6.04. The fourth-order valence-corrected chi connectivity index (χ4v) is 2.21. The van der Waals surface area contributed by atoms with Gasteiger partial charge in [0.1, 0.15) is 0 Å². The Kier molecular flexibility index (Phi) is 8.01. The van der Waals surface area contributed by atoms with Crippen molar-refractivity contribution in [2.75, 3.05) is 12.4 Å². The van der Waals surface area contributed by atoms with Gasteiger partial charge in [-0.05, 0) is 24.5 Å². The molecule has 0 aliphatic carbocycles. The molecule has 9 heteroatoms. The fraction of sp³-hybridized carbons (Fsp3) is 0.471. The number of nitrogens with zero attached hydrogens (tertiary/aromatic N) is 1. The molecular weight excluding hydrogens is 357 g/mol. The Bertz CT molecular complexity index is 629. The zero-order valence-electron chi connectivity index (χ0n) is 14.5. The molecule has 1 amide bonds. The van der Waals surface area contributed by atoms with E-state index in [0.29, 0.717) is 5.56 Å². The number of carbonyl (C=O) groups is 1. The third-order valence-corrected chi connectivity index (χ3v) is 3.70. The number of hydrogen-bond acceptors (Lipinski definition) is 3.